The van der Waals surface area contributed by atoms with Crippen LogP contribution in [0.15, 0.2) is 24.3 Å². The van der Waals surface area contributed by atoms with Gasteiger partial charge in [-0.05, 0) is 24.6 Å². The fourth-order valence-electron chi connectivity index (χ4n) is 1.97. The third kappa shape index (κ3) is 5.86. The number of aliphatic hydroxyl groups is 1. The molecule has 132 valence electrons. The summed E-state index contributed by atoms with van der Waals surface area (Å²) >= 11 is 0. The van der Waals surface area contributed by atoms with E-state index in [1.54, 1.807) is 12.1 Å². The second-order valence-corrected chi connectivity index (χ2v) is 5.26. The van der Waals surface area contributed by atoms with E-state index in [9.17, 15) is 24.6 Å². The van der Waals surface area contributed by atoms with Crippen LogP contribution in [-0.4, -0.2) is 57.8 Å². The third-order valence-corrected chi connectivity index (χ3v) is 3.26. The lowest BCUT2D eigenvalue weighted by molar-refractivity contribution is -0.145. The number of hydrogen-bond donors (Lipinski definition) is 6. The number of aromatic hydroxyl groups is 1. The number of aliphatic carboxylic acids is 1. The van der Waals surface area contributed by atoms with Crippen molar-refractivity contribution in [1.29, 1.82) is 0 Å². The number of carbonyl (C=O) groups excluding carboxylic acids is 2. The topological polar surface area (TPSA) is 162 Å². The van der Waals surface area contributed by atoms with Crippen LogP contribution in [-0.2, 0) is 20.8 Å². The molecule has 0 aromatic heterocycles. The Morgan fingerprint density at radius 3 is 2.21 bits per heavy atom. The average molecular weight is 339 g/mol. The van der Waals surface area contributed by atoms with Gasteiger partial charge in [0.05, 0.1) is 12.6 Å². The van der Waals surface area contributed by atoms with Crippen LogP contribution in [0.4, 0.5) is 0 Å². The number of phenolic OH excluding ortho intramolecular Hbond substituents is 1. The Labute approximate surface area is 138 Å². The zero-order valence-corrected chi connectivity index (χ0v) is 13.1. The minimum absolute atomic E-state index is 0.0470. The molecule has 0 heterocycles. The molecule has 2 amide bonds. The molecule has 0 aliphatic heterocycles. The number of benzene rings is 1. The molecule has 0 saturated carbocycles. The first-order valence-corrected chi connectivity index (χ1v) is 7.23. The van der Waals surface area contributed by atoms with E-state index >= 15 is 0 Å². The van der Waals surface area contributed by atoms with Crippen molar-refractivity contribution in [1.82, 2.24) is 10.6 Å². The van der Waals surface area contributed by atoms with Crippen LogP contribution in [0.25, 0.3) is 0 Å². The number of aliphatic hydroxyl groups excluding tert-OH is 1. The summed E-state index contributed by atoms with van der Waals surface area (Å²) in [5.41, 5.74) is 5.85. The first-order chi connectivity index (χ1) is 11.2. The van der Waals surface area contributed by atoms with Crippen molar-refractivity contribution in [3.63, 3.8) is 0 Å². The normalized spacial score (nSPS) is 14.3. The molecule has 0 bridgehead atoms. The Bertz CT molecular complexity index is 587. The summed E-state index contributed by atoms with van der Waals surface area (Å²) in [7, 11) is 0. The fraction of sp³-hybridized carbons (Fsp3) is 0.400. The number of rotatable bonds is 8. The summed E-state index contributed by atoms with van der Waals surface area (Å²) in [5.74, 6) is -2.70. The lowest BCUT2D eigenvalue weighted by Gasteiger charge is -2.22. The summed E-state index contributed by atoms with van der Waals surface area (Å²) in [6.45, 7) is 0.893. The van der Waals surface area contributed by atoms with Gasteiger partial charge in [-0.3, -0.25) is 9.59 Å². The molecule has 0 radical (unpaired) electrons. The van der Waals surface area contributed by atoms with Crippen LogP contribution < -0.4 is 16.4 Å². The molecule has 0 aliphatic carbocycles. The molecule has 0 aliphatic rings. The standard InChI is InChI=1S/C15H21N3O6/c1-8(19)13(15(23)24)18-14(22)11(17-12(21)7-16)6-9-2-4-10(20)5-3-9/h2-5,8,11,13,19-20H,6-7,16H2,1H3,(H,17,21)(H,18,22)(H,23,24). The Morgan fingerprint density at radius 2 is 1.75 bits per heavy atom. The number of nitrogens with one attached hydrogen (secondary N) is 2. The average Bonchev–Trinajstić information content (AvgIpc) is 2.52. The molecule has 0 saturated heterocycles. The van der Waals surface area contributed by atoms with Crippen molar-refractivity contribution in [3.05, 3.63) is 29.8 Å². The summed E-state index contributed by atoms with van der Waals surface area (Å²) in [4.78, 5) is 34.9. The second kappa shape index (κ2) is 8.85. The monoisotopic (exact) mass is 339 g/mol. The summed E-state index contributed by atoms with van der Waals surface area (Å²) in [6, 6.07) is 3.39. The van der Waals surface area contributed by atoms with Gasteiger partial charge in [0.2, 0.25) is 11.8 Å². The van der Waals surface area contributed by atoms with E-state index in [4.69, 9.17) is 10.8 Å². The van der Waals surface area contributed by atoms with Gasteiger partial charge in [-0.25, -0.2) is 4.79 Å². The molecule has 9 nitrogen and oxygen atoms in total. The number of nitrogens with two attached hydrogens (primary N) is 1. The van der Waals surface area contributed by atoms with Crippen LogP contribution in [0.2, 0.25) is 0 Å². The van der Waals surface area contributed by atoms with Crippen molar-refractivity contribution in [2.75, 3.05) is 6.54 Å². The van der Waals surface area contributed by atoms with E-state index in [1.165, 1.54) is 19.1 Å². The Hall–Kier alpha value is -2.65. The van der Waals surface area contributed by atoms with Crippen LogP contribution >= 0.6 is 0 Å². The zero-order valence-electron chi connectivity index (χ0n) is 13.1. The first-order valence-electron chi connectivity index (χ1n) is 7.23. The van der Waals surface area contributed by atoms with E-state index in [1.807, 2.05) is 0 Å². The van der Waals surface area contributed by atoms with Gasteiger partial charge in [0, 0.05) is 6.42 Å². The summed E-state index contributed by atoms with van der Waals surface area (Å²) < 4.78 is 0. The van der Waals surface area contributed by atoms with Gasteiger partial charge in [0.15, 0.2) is 6.04 Å². The zero-order chi connectivity index (χ0) is 18.3. The van der Waals surface area contributed by atoms with E-state index < -0.39 is 36.0 Å². The molecule has 1 aromatic rings. The number of hydrogen-bond acceptors (Lipinski definition) is 6. The molecule has 1 aromatic carbocycles. The molecule has 7 N–H and O–H groups in total. The van der Waals surface area contributed by atoms with Crippen molar-refractivity contribution >= 4 is 17.8 Å². The quantitative estimate of drug-likeness (QED) is 0.330. The van der Waals surface area contributed by atoms with Gasteiger partial charge >= 0.3 is 5.97 Å². The highest BCUT2D eigenvalue weighted by Gasteiger charge is 2.29. The van der Waals surface area contributed by atoms with E-state index in [0.717, 1.165) is 0 Å². The van der Waals surface area contributed by atoms with E-state index in [-0.39, 0.29) is 18.7 Å². The lowest BCUT2D eigenvalue weighted by Crippen LogP contribution is -2.56. The van der Waals surface area contributed by atoms with Crippen molar-refractivity contribution in [2.45, 2.75) is 31.5 Å². The number of carbonyl (C=O) groups is 3. The minimum atomic E-state index is -1.51. The predicted molar refractivity (Wildman–Crippen MR) is 84.0 cm³/mol. The molecule has 9 heteroatoms. The van der Waals surface area contributed by atoms with Crippen LogP contribution in [0.1, 0.15) is 12.5 Å². The molecular weight excluding hydrogens is 318 g/mol. The molecule has 1 rings (SSSR count). The summed E-state index contributed by atoms with van der Waals surface area (Å²) in [5, 5.41) is 32.3. The predicted octanol–water partition coefficient (Wildman–Crippen LogP) is -1.67. The van der Waals surface area contributed by atoms with E-state index in [0.29, 0.717) is 5.56 Å². The van der Waals surface area contributed by atoms with Crippen LogP contribution in [0.5, 0.6) is 5.75 Å². The highest BCUT2D eigenvalue weighted by Crippen LogP contribution is 2.11. The van der Waals surface area contributed by atoms with Gasteiger partial charge in [0.25, 0.3) is 0 Å². The number of phenols is 1. The van der Waals surface area contributed by atoms with Gasteiger partial charge in [-0.1, -0.05) is 12.1 Å². The van der Waals surface area contributed by atoms with Crippen molar-refractivity contribution < 1.29 is 29.7 Å². The molecule has 3 atom stereocenters. The lowest BCUT2D eigenvalue weighted by atomic mass is 10.0. The Kier molecular flexibility index (Phi) is 7.15. The van der Waals surface area contributed by atoms with Crippen LogP contribution in [0.3, 0.4) is 0 Å². The van der Waals surface area contributed by atoms with Gasteiger partial charge in [-0.2, -0.15) is 0 Å². The molecule has 24 heavy (non-hydrogen) atoms. The van der Waals surface area contributed by atoms with Crippen molar-refractivity contribution in [2.24, 2.45) is 5.73 Å². The maximum absolute atomic E-state index is 12.3. The second-order valence-electron chi connectivity index (χ2n) is 5.26. The molecule has 0 fully saturated rings. The highest BCUT2D eigenvalue weighted by molar-refractivity contribution is 5.91. The van der Waals surface area contributed by atoms with Gasteiger partial charge < -0.3 is 31.7 Å². The van der Waals surface area contributed by atoms with Crippen LogP contribution in [0, 0.1) is 0 Å². The fourth-order valence-corrected chi connectivity index (χ4v) is 1.97. The smallest absolute Gasteiger partial charge is 0.328 e. The molecular formula is C15H21N3O6. The molecule has 3 unspecified atom stereocenters. The Morgan fingerprint density at radius 1 is 1.17 bits per heavy atom. The van der Waals surface area contributed by atoms with Crippen molar-refractivity contribution in [3.8, 4) is 5.75 Å². The molecule has 0 spiro atoms. The highest BCUT2D eigenvalue weighted by atomic mass is 16.4. The third-order valence-electron chi connectivity index (χ3n) is 3.26. The maximum atomic E-state index is 12.3. The SMILES string of the molecule is CC(O)C(NC(=O)C(Cc1ccc(O)cc1)NC(=O)CN)C(=O)O. The summed E-state index contributed by atoms with van der Waals surface area (Å²) in [6.07, 6.45) is -1.25. The minimum Gasteiger partial charge on any atom is -0.508 e. The number of carboxylic acids is 1. The maximum Gasteiger partial charge on any atom is 0.328 e. The Balaban J connectivity index is 2.91. The van der Waals surface area contributed by atoms with E-state index in [2.05, 4.69) is 10.6 Å². The largest absolute Gasteiger partial charge is 0.508 e. The van der Waals surface area contributed by atoms with Gasteiger partial charge in [-0.15, -0.1) is 0 Å². The number of amides is 2. The first kappa shape index (κ1) is 19.4. The number of carboxylic acid groups (broad SMARTS) is 1. The van der Waals surface area contributed by atoms with Gasteiger partial charge in [0.1, 0.15) is 11.8 Å².